The molecule has 0 saturated carbocycles. The van der Waals surface area contributed by atoms with Crippen LogP contribution in [-0.4, -0.2) is 32.1 Å². The first-order valence-corrected chi connectivity index (χ1v) is 6.23. The van der Waals surface area contributed by atoms with E-state index in [1.165, 1.54) is 0 Å². The topological polar surface area (TPSA) is 38.8 Å². The summed E-state index contributed by atoms with van der Waals surface area (Å²) >= 11 is 0. The maximum absolute atomic E-state index is 11.2. The molecule has 2 rings (SSSR count). The van der Waals surface area contributed by atoms with Crippen molar-refractivity contribution in [2.45, 2.75) is 25.3 Å². The molecule has 0 N–H and O–H groups in total. The van der Waals surface area contributed by atoms with Gasteiger partial charge in [-0.1, -0.05) is 0 Å². The first-order valence-electron chi connectivity index (χ1n) is 6.23. The first-order chi connectivity index (χ1) is 8.80. The Labute approximate surface area is 107 Å². The van der Waals surface area contributed by atoms with Gasteiger partial charge in [0.2, 0.25) is 6.41 Å². The lowest BCUT2D eigenvalue weighted by atomic mass is 9.95. The smallest absolute Gasteiger partial charge is 0.210 e. The van der Waals surface area contributed by atoms with Crippen LogP contribution in [0.5, 0.6) is 11.5 Å². The van der Waals surface area contributed by atoms with E-state index in [4.69, 9.17) is 9.47 Å². The number of hydrogen-bond donors (Lipinski definition) is 0. The van der Waals surface area contributed by atoms with Gasteiger partial charge in [-0.3, -0.25) is 4.79 Å². The van der Waals surface area contributed by atoms with E-state index in [1.807, 2.05) is 23.1 Å². The maximum Gasteiger partial charge on any atom is 0.210 e. The summed E-state index contributed by atoms with van der Waals surface area (Å²) in [5.74, 6) is 1.61. The van der Waals surface area contributed by atoms with Crippen LogP contribution < -0.4 is 9.47 Å². The summed E-state index contributed by atoms with van der Waals surface area (Å²) in [6.07, 6.45) is 4.11. The molecule has 1 heterocycles. The number of carbonyl (C=O) groups is 1. The minimum absolute atomic E-state index is 0.0984. The Morgan fingerprint density at radius 1 is 1.28 bits per heavy atom. The van der Waals surface area contributed by atoms with Crippen molar-refractivity contribution in [3.63, 3.8) is 0 Å². The van der Waals surface area contributed by atoms with E-state index in [1.54, 1.807) is 14.2 Å². The molecule has 0 spiro atoms. The number of hydrogen-bond acceptors (Lipinski definition) is 3. The van der Waals surface area contributed by atoms with Gasteiger partial charge in [0.1, 0.15) is 11.5 Å². The van der Waals surface area contributed by atoms with Gasteiger partial charge in [0.05, 0.1) is 20.3 Å². The summed E-state index contributed by atoms with van der Waals surface area (Å²) < 4.78 is 10.6. The van der Waals surface area contributed by atoms with E-state index in [0.29, 0.717) is 0 Å². The molecule has 0 unspecified atom stereocenters. The predicted octanol–water partition coefficient (Wildman–Crippen LogP) is 2.39. The fraction of sp³-hybridized carbons (Fsp3) is 0.500. The van der Waals surface area contributed by atoms with Gasteiger partial charge in [-0.05, 0) is 37.5 Å². The monoisotopic (exact) mass is 249 g/mol. The third-order valence-electron chi connectivity index (χ3n) is 3.48. The zero-order valence-corrected chi connectivity index (χ0v) is 10.9. The van der Waals surface area contributed by atoms with E-state index in [0.717, 1.165) is 49.3 Å². The summed E-state index contributed by atoms with van der Waals surface area (Å²) in [6, 6.07) is 5.83. The number of rotatable bonds is 4. The number of nitrogens with zero attached hydrogens (tertiary/aromatic N) is 1. The van der Waals surface area contributed by atoms with Crippen LogP contribution in [0.15, 0.2) is 18.2 Å². The zero-order valence-electron chi connectivity index (χ0n) is 10.9. The summed E-state index contributed by atoms with van der Waals surface area (Å²) in [7, 11) is 3.29. The van der Waals surface area contributed by atoms with Gasteiger partial charge in [0.15, 0.2) is 0 Å². The lowest BCUT2D eigenvalue weighted by molar-refractivity contribution is -0.121. The Morgan fingerprint density at radius 3 is 2.78 bits per heavy atom. The third-order valence-corrected chi connectivity index (χ3v) is 3.48. The van der Waals surface area contributed by atoms with Crippen LogP contribution >= 0.6 is 0 Å². The van der Waals surface area contributed by atoms with Crippen molar-refractivity contribution in [3.05, 3.63) is 23.8 Å². The Morgan fingerprint density at radius 2 is 2.11 bits per heavy atom. The van der Waals surface area contributed by atoms with Crippen molar-refractivity contribution in [2.24, 2.45) is 0 Å². The number of methoxy groups -OCH3 is 2. The van der Waals surface area contributed by atoms with E-state index in [-0.39, 0.29) is 6.04 Å². The molecule has 1 aliphatic heterocycles. The van der Waals surface area contributed by atoms with Crippen LogP contribution in [0, 0.1) is 0 Å². The largest absolute Gasteiger partial charge is 0.497 e. The first kappa shape index (κ1) is 12.7. The third kappa shape index (κ3) is 2.42. The van der Waals surface area contributed by atoms with Crippen molar-refractivity contribution >= 4 is 6.41 Å². The molecule has 1 fully saturated rings. The van der Waals surface area contributed by atoms with E-state index in [2.05, 4.69) is 0 Å². The molecule has 18 heavy (non-hydrogen) atoms. The van der Waals surface area contributed by atoms with Crippen molar-refractivity contribution in [1.82, 2.24) is 4.90 Å². The Bertz CT molecular complexity index is 420. The highest BCUT2D eigenvalue weighted by molar-refractivity contribution is 5.51. The molecule has 1 aliphatic rings. The molecule has 0 bridgehead atoms. The van der Waals surface area contributed by atoms with Gasteiger partial charge in [0, 0.05) is 12.1 Å². The van der Waals surface area contributed by atoms with Gasteiger partial charge in [-0.2, -0.15) is 0 Å². The highest BCUT2D eigenvalue weighted by Gasteiger charge is 2.25. The van der Waals surface area contributed by atoms with Crippen LogP contribution in [-0.2, 0) is 4.79 Å². The normalized spacial score (nSPS) is 19.4. The van der Waals surface area contributed by atoms with Crippen molar-refractivity contribution in [3.8, 4) is 11.5 Å². The summed E-state index contributed by atoms with van der Waals surface area (Å²) in [4.78, 5) is 13.0. The van der Waals surface area contributed by atoms with Crippen LogP contribution in [0.2, 0.25) is 0 Å². The second-order valence-electron chi connectivity index (χ2n) is 4.46. The van der Waals surface area contributed by atoms with Gasteiger partial charge in [0.25, 0.3) is 0 Å². The number of amides is 1. The molecule has 1 amide bonds. The van der Waals surface area contributed by atoms with E-state index >= 15 is 0 Å². The van der Waals surface area contributed by atoms with Gasteiger partial charge >= 0.3 is 0 Å². The SMILES string of the molecule is COc1ccc(OC)c([C@@H]2CCCCN2C=O)c1. The minimum Gasteiger partial charge on any atom is -0.497 e. The Hall–Kier alpha value is -1.71. The average Bonchev–Trinajstić information content (AvgIpc) is 2.46. The molecule has 1 atom stereocenters. The second kappa shape index (κ2) is 5.76. The Kier molecular flexibility index (Phi) is 4.07. The molecule has 0 aromatic heterocycles. The summed E-state index contributed by atoms with van der Waals surface area (Å²) in [5.41, 5.74) is 1.03. The Balaban J connectivity index is 2.36. The fourth-order valence-corrected chi connectivity index (χ4v) is 2.51. The average molecular weight is 249 g/mol. The molecule has 0 radical (unpaired) electrons. The molecule has 1 saturated heterocycles. The fourth-order valence-electron chi connectivity index (χ4n) is 2.51. The number of likely N-dealkylation sites (tertiary alicyclic amines) is 1. The van der Waals surface area contributed by atoms with Gasteiger partial charge in [-0.15, -0.1) is 0 Å². The highest BCUT2D eigenvalue weighted by atomic mass is 16.5. The van der Waals surface area contributed by atoms with Crippen molar-refractivity contribution < 1.29 is 14.3 Å². The van der Waals surface area contributed by atoms with E-state index < -0.39 is 0 Å². The standard InChI is InChI=1S/C14H19NO3/c1-17-11-6-7-14(18-2)12(9-11)13-5-3-4-8-15(13)10-16/h6-7,9-10,13H,3-5,8H2,1-2H3/t13-/m0/s1. The number of piperidine rings is 1. The highest BCUT2D eigenvalue weighted by Crippen LogP contribution is 2.37. The van der Waals surface area contributed by atoms with Crippen LogP contribution in [0.25, 0.3) is 0 Å². The van der Waals surface area contributed by atoms with Gasteiger partial charge < -0.3 is 14.4 Å². The summed E-state index contributed by atoms with van der Waals surface area (Å²) in [5, 5.41) is 0. The molecule has 98 valence electrons. The number of benzene rings is 1. The zero-order chi connectivity index (χ0) is 13.0. The quantitative estimate of drug-likeness (QED) is 0.769. The lowest BCUT2D eigenvalue weighted by Gasteiger charge is -2.33. The predicted molar refractivity (Wildman–Crippen MR) is 68.9 cm³/mol. The minimum atomic E-state index is 0.0984. The summed E-state index contributed by atoms with van der Waals surface area (Å²) in [6.45, 7) is 0.814. The second-order valence-corrected chi connectivity index (χ2v) is 4.46. The molecule has 4 nitrogen and oxygen atoms in total. The molecular weight excluding hydrogens is 230 g/mol. The van der Waals surface area contributed by atoms with Crippen LogP contribution in [0.3, 0.4) is 0 Å². The maximum atomic E-state index is 11.2. The van der Waals surface area contributed by atoms with Gasteiger partial charge in [-0.25, -0.2) is 0 Å². The molecule has 1 aromatic rings. The number of ether oxygens (including phenoxy) is 2. The van der Waals surface area contributed by atoms with Crippen molar-refractivity contribution in [1.29, 1.82) is 0 Å². The number of carbonyl (C=O) groups excluding carboxylic acids is 1. The van der Waals surface area contributed by atoms with Crippen LogP contribution in [0.1, 0.15) is 30.9 Å². The molecular formula is C14H19NO3. The van der Waals surface area contributed by atoms with E-state index in [9.17, 15) is 4.79 Å². The van der Waals surface area contributed by atoms with Crippen molar-refractivity contribution in [2.75, 3.05) is 20.8 Å². The van der Waals surface area contributed by atoms with Crippen LogP contribution in [0.4, 0.5) is 0 Å². The molecule has 4 heteroatoms. The molecule has 0 aliphatic carbocycles. The lowest BCUT2D eigenvalue weighted by Crippen LogP contribution is -2.32. The molecule has 1 aromatic carbocycles.